The average Bonchev–Trinajstić information content (AvgIpc) is 2.59. The van der Waals surface area contributed by atoms with Gasteiger partial charge in [-0.15, -0.1) is 0 Å². The number of carbonyl (C=O) groups is 1. The van der Waals surface area contributed by atoms with Gasteiger partial charge in [0.2, 0.25) is 5.91 Å². The van der Waals surface area contributed by atoms with Gasteiger partial charge < -0.3 is 5.32 Å². The lowest BCUT2D eigenvalue weighted by Gasteiger charge is -2.08. The molecule has 2 aromatic carbocycles. The third-order valence-electron chi connectivity index (χ3n) is 3.38. The summed E-state index contributed by atoms with van der Waals surface area (Å²) in [5.41, 5.74) is 3.49. The van der Waals surface area contributed by atoms with Crippen molar-refractivity contribution in [3.8, 4) is 11.3 Å². The standard InChI is InChI=1S/C19H15Br2N3OS/c1-12-7-17(13-5-3-2-4-6-13)24-19(22-12)26-11-18(25)23-16-9-14(20)8-15(21)10-16/h2-10H,11H2,1H3,(H,23,25). The number of benzene rings is 2. The van der Waals surface area contributed by atoms with Crippen LogP contribution >= 0.6 is 43.6 Å². The van der Waals surface area contributed by atoms with Crippen LogP contribution < -0.4 is 5.32 Å². The second kappa shape index (κ2) is 8.79. The molecule has 1 aromatic heterocycles. The molecule has 0 aliphatic heterocycles. The van der Waals surface area contributed by atoms with Gasteiger partial charge in [0.05, 0.1) is 11.4 Å². The minimum atomic E-state index is -0.105. The van der Waals surface area contributed by atoms with E-state index in [1.165, 1.54) is 11.8 Å². The molecule has 0 saturated carbocycles. The summed E-state index contributed by atoms with van der Waals surface area (Å²) in [7, 11) is 0. The van der Waals surface area contributed by atoms with Crippen molar-refractivity contribution >= 4 is 55.2 Å². The maximum atomic E-state index is 12.2. The smallest absolute Gasteiger partial charge is 0.234 e. The van der Waals surface area contributed by atoms with Crippen molar-refractivity contribution in [1.29, 1.82) is 0 Å². The molecule has 1 amide bonds. The summed E-state index contributed by atoms with van der Waals surface area (Å²) >= 11 is 8.14. The second-order valence-corrected chi connectivity index (χ2v) is 8.31. The molecule has 26 heavy (non-hydrogen) atoms. The third kappa shape index (κ3) is 5.40. The highest BCUT2D eigenvalue weighted by molar-refractivity contribution is 9.11. The Morgan fingerprint density at radius 2 is 1.73 bits per heavy atom. The Labute approximate surface area is 173 Å². The van der Waals surface area contributed by atoms with Gasteiger partial charge in [0, 0.05) is 25.9 Å². The van der Waals surface area contributed by atoms with E-state index < -0.39 is 0 Å². The van der Waals surface area contributed by atoms with E-state index >= 15 is 0 Å². The van der Waals surface area contributed by atoms with Gasteiger partial charge in [-0.2, -0.15) is 0 Å². The van der Waals surface area contributed by atoms with Gasteiger partial charge in [-0.1, -0.05) is 74.0 Å². The monoisotopic (exact) mass is 491 g/mol. The number of rotatable bonds is 5. The van der Waals surface area contributed by atoms with Crippen LogP contribution in [0.15, 0.2) is 68.7 Å². The first-order chi connectivity index (χ1) is 12.5. The number of amides is 1. The number of halogens is 2. The Morgan fingerprint density at radius 3 is 2.42 bits per heavy atom. The fraction of sp³-hybridized carbons (Fsp3) is 0.105. The van der Waals surface area contributed by atoms with Crippen molar-refractivity contribution in [3.05, 3.63) is 69.2 Å². The van der Waals surface area contributed by atoms with Gasteiger partial charge in [-0.05, 0) is 31.2 Å². The lowest BCUT2D eigenvalue weighted by molar-refractivity contribution is -0.113. The SMILES string of the molecule is Cc1cc(-c2ccccc2)nc(SCC(=O)Nc2cc(Br)cc(Br)c2)n1. The largest absolute Gasteiger partial charge is 0.325 e. The van der Waals surface area contributed by atoms with Gasteiger partial charge in [-0.25, -0.2) is 9.97 Å². The van der Waals surface area contributed by atoms with Crippen LogP contribution in [0.3, 0.4) is 0 Å². The normalized spacial score (nSPS) is 10.6. The first-order valence-corrected chi connectivity index (χ1v) is 10.4. The van der Waals surface area contributed by atoms with Crippen LogP contribution in [0.2, 0.25) is 0 Å². The zero-order valence-corrected chi connectivity index (χ0v) is 17.9. The van der Waals surface area contributed by atoms with E-state index in [1.807, 2.05) is 61.5 Å². The maximum Gasteiger partial charge on any atom is 0.234 e. The van der Waals surface area contributed by atoms with E-state index in [9.17, 15) is 4.79 Å². The minimum absolute atomic E-state index is 0.105. The number of nitrogens with zero attached hydrogens (tertiary/aromatic N) is 2. The number of aromatic nitrogens is 2. The highest BCUT2D eigenvalue weighted by atomic mass is 79.9. The van der Waals surface area contributed by atoms with Crippen LogP contribution in [-0.2, 0) is 4.79 Å². The summed E-state index contributed by atoms with van der Waals surface area (Å²) in [6.07, 6.45) is 0. The van der Waals surface area contributed by atoms with Crippen molar-refractivity contribution in [2.75, 3.05) is 11.1 Å². The molecule has 0 fully saturated rings. The molecule has 0 unspecified atom stereocenters. The van der Waals surface area contributed by atoms with Gasteiger partial charge in [0.1, 0.15) is 0 Å². The lowest BCUT2D eigenvalue weighted by Crippen LogP contribution is -2.14. The molecule has 0 saturated heterocycles. The van der Waals surface area contributed by atoms with Crippen molar-refractivity contribution < 1.29 is 4.79 Å². The van der Waals surface area contributed by atoms with Crippen LogP contribution in [0, 0.1) is 6.92 Å². The Balaban J connectivity index is 1.67. The van der Waals surface area contributed by atoms with E-state index in [0.717, 1.165) is 31.6 Å². The van der Waals surface area contributed by atoms with E-state index in [2.05, 4.69) is 47.1 Å². The second-order valence-electron chi connectivity index (χ2n) is 5.54. The Bertz CT molecular complexity index is 915. The number of carbonyl (C=O) groups excluding carboxylic acids is 1. The molecule has 3 aromatic rings. The minimum Gasteiger partial charge on any atom is -0.325 e. The fourth-order valence-electron chi connectivity index (χ4n) is 2.32. The first-order valence-electron chi connectivity index (χ1n) is 7.79. The van der Waals surface area contributed by atoms with Gasteiger partial charge in [-0.3, -0.25) is 4.79 Å². The highest BCUT2D eigenvalue weighted by Crippen LogP contribution is 2.24. The molecule has 4 nitrogen and oxygen atoms in total. The number of nitrogens with one attached hydrogen (secondary N) is 1. The molecule has 0 bridgehead atoms. The number of hydrogen-bond acceptors (Lipinski definition) is 4. The summed E-state index contributed by atoms with van der Waals surface area (Å²) in [6, 6.07) is 17.5. The highest BCUT2D eigenvalue weighted by Gasteiger charge is 2.09. The number of hydrogen-bond donors (Lipinski definition) is 1. The molecular formula is C19H15Br2N3OS. The number of aryl methyl sites for hydroxylation is 1. The quantitative estimate of drug-likeness (QED) is 0.366. The van der Waals surface area contributed by atoms with Crippen LogP contribution in [0.25, 0.3) is 11.3 Å². The molecular weight excluding hydrogens is 478 g/mol. The summed E-state index contributed by atoms with van der Waals surface area (Å²) in [4.78, 5) is 21.2. The van der Waals surface area contributed by atoms with Crippen molar-refractivity contribution in [2.45, 2.75) is 12.1 Å². The maximum absolute atomic E-state index is 12.2. The average molecular weight is 493 g/mol. The Morgan fingerprint density at radius 1 is 1.04 bits per heavy atom. The van der Waals surface area contributed by atoms with E-state index in [0.29, 0.717) is 5.16 Å². The third-order valence-corrected chi connectivity index (χ3v) is 5.14. The summed E-state index contributed by atoms with van der Waals surface area (Å²) in [5.74, 6) is 0.133. The summed E-state index contributed by atoms with van der Waals surface area (Å²) in [5, 5.41) is 3.47. The van der Waals surface area contributed by atoms with Gasteiger partial charge in [0.25, 0.3) is 0 Å². The molecule has 1 heterocycles. The predicted octanol–water partition coefficient (Wildman–Crippen LogP) is 5.71. The zero-order valence-electron chi connectivity index (χ0n) is 13.9. The molecule has 0 aliphatic rings. The van der Waals surface area contributed by atoms with Gasteiger partial charge >= 0.3 is 0 Å². The molecule has 132 valence electrons. The first kappa shape index (κ1) is 19.1. The van der Waals surface area contributed by atoms with Crippen LogP contribution in [0.5, 0.6) is 0 Å². The van der Waals surface area contributed by atoms with Crippen molar-refractivity contribution in [3.63, 3.8) is 0 Å². The molecule has 0 radical (unpaired) electrons. The number of thioether (sulfide) groups is 1. The van der Waals surface area contributed by atoms with Crippen molar-refractivity contribution in [1.82, 2.24) is 9.97 Å². The van der Waals surface area contributed by atoms with E-state index in [-0.39, 0.29) is 11.7 Å². The summed E-state index contributed by atoms with van der Waals surface area (Å²) < 4.78 is 1.79. The molecule has 1 N–H and O–H groups in total. The predicted molar refractivity (Wildman–Crippen MR) is 113 cm³/mol. The Hall–Kier alpha value is -1.70. The molecule has 0 aliphatic carbocycles. The molecule has 0 spiro atoms. The Kier molecular flexibility index (Phi) is 6.45. The van der Waals surface area contributed by atoms with Crippen molar-refractivity contribution in [2.24, 2.45) is 0 Å². The zero-order chi connectivity index (χ0) is 18.5. The number of anilines is 1. The fourth-order valence-corrected chi connectivity index (χ4v) is 4.31. The van der Waals surface area contributed by atoms with E-state index in [4.69, 9.17) is 0 Å². The molecule has 0 atom stereocenters. The van der Waals surface area contributed by atoms with Gasteiger partial charge in [0.15, 0.2) is 5.16 Å². The van der Waals surface area contributed by atoms with Crippen LogP contribution in [-0.4, -0.2) is 21.6 Å². The van der Waals surface area contributed by atoms with Crippen LogP contribution in [0.1, 0.15) is 5.69 Å². The van der Waals surface area contributed by atoms with E-state index in [1.54, 1.807) is 0 Å². The van der Waals surface area contributed by atoms with Crippen LogP contribution in [0.4, 0.5) is 5.69 Å². The molecule has 7 heteroatoms. The lowest BCUT2D eigenvalue weighted by atomic mass is 10.1. The topological polar surface area (TPSA) is 54.9 Å². The molecule has 3 rings (SSSR count). The summed E-state index contributed by atoms with van der Waals surface area (Å²) in [6.45, 7) is 1.93.